The Kier molecular flexibility index (Phi) is 4.75. The van der Waals surface area contributed by atoms with Crippen molar-refractivity contribution in [1.82, 2.24) is 0 Å². The number of rotatable bonds is 8. The SMILES string of the molecule is CCCCCCCCC(O)C12CC3CC(CC(C3)C1)C2. The Hall–Kier alpha value is -0.0400. The van der Waals surface area contributed by atoms with Crippen LogP contribution in [0, 0.1) is 23.2 Å². The van der Waals surface area contributed by atoms with Crippen LogP contribution in [0.25, 0.3) is 0 Å². The van der Waals surface area contributed by atoms with E-state index in [4.69, 9.17) is 0 Å². The first kappa shape index (κ1) is 14.9. The minimum atomic E-state index is 0.0158. The fourth-order valence-electron chi connectivity index (χ4n) is 6.01. The maximum Gasteiger partial charge on any atom is 0.0596 e. The molecule has 4 aliphatic rings. The lowest BCUT2D eigenvalue weighted by atomic mass is 9.48. The molecule has 4 fully saturated rings. The van der Waals surface area contributed by atoms with Crippen LogP contribution in [0.5, 0.6) is 0 Å². The quantitative estimate of drug-likeness (QED) is 0.596. The fourth-order valence-corrected chi connectivity index (χ4v) is 6.01. The van der Waals surface area contributed by atoms with Gasteiger partial charge in [-0.15, -0.1) is 0 Å². The van der Waals surface area contributed by atoms with Crippen molar-refractivity contribution in [1.29, 1.82) is 0 Å². The Balaban J connectivity index is 1.44. The van der Waals surface area contributed by atoms with Crippen LogP contribution in [-0.4, -0.2) is 11.2 Å². The molecular formula is C19H34O. The molecule has 0 aliphatic heterocycles. The van der Waals surface area contributed by atoms with Gasteiger partial charge >= 0.3 is 0 Å². The third kappa shape index (κ3) is 3.08. The molecule has 4 bridgehead atoms. The summed E-state index contributed by atoms with van der Waals surface area (Å²) in [7, 11) is 0. The summed E-state index contributed by atoms with van der Waals surface area (Å²) in [6.45, 7) is 2.27. The van der Waals surface area contributed by atoms with E-state index in [0.29, 0.717) is 5.41 Å². The van der Waals surface area contributed by atoms with E-state index < -0.39 is 0 Å². The van der Waals surface area contributed by atoms with Crippen LogP contribution in [0.2, 0.25) is 0 Å². The van der Waals surface area contributed by atoms with Gasteiger partial charge in [0.25, 0.3) is 0 Å². The minimum Gasteiger partial charge on any atom is -0.393 e. The van der Waals surface area contributed by atoms with Crippen molar-refractivity contribution in [2.24, 2.45) is 23.2 Å². The van der Waals surface area contributed by atoms with Crippen molar-refractivity contribution >= 4 is 0 Å². The molecule has 4 saturated carbocycles. The van der Waals surface area contributed by atoms with E-state index in [0.717, 1.165) is 24.2 Å². The highest BCUT2D eigenvalue weighted by atomic mass is 16.3. The van der Waals surface area contributed by atoms with Gasteiger partial charge in [-0.1, -0.05) is 45.4 Å². The Labute approximate surface area is 125 Å². The lowest BCUT2D eigenvalue weighted by Crippen LogP contribution is -2.51. The molecule has 0 heterocycles. The van der Waals surface area contributed by atoms with Crippen LogP contribution in [0.1, 0.15) is 90.4 Å². The van der Waals surface area contributed by atoms with Gasteiger partial charge in [0.1, 0.15) is 0 Å². The predicted molar refractivity (Wildman–Crippen MR) is 84.6 cm³/mol. The fraction of sp³-hybridized carbons (Fsp3) is 1.00. The van der Waals surface area contributed by atoms with Crippen LogP contribution < -0.4 is 0 Å². The molecule has 20 heavy (non-hydrogen) atoms. The number of hydrogen-bond donors (Lipinski definition) is 1. The molecule has 1 nitrogen and oxygen atoms in total. The van der Waals surface area contributed by atoms with Gasteiger partial charge in [0, 0.05) is 0 Å². The standard InChI is InChI=1S/C19H34O/c1-2-3-4-5-6-7-8-18(20)19-12-15-9-16(13-19)11-17(10-15)14-19/h15-18,20H,2-14H2,1H3. The van der Waals surface area contributed by atoms with Crippen LogP contribution in [-0.2, 0) is 0 Å². The predicted octanol–water partition coefficient (Wildman–Crippen LogP) is 5.31. The Morgan fingerprint density at radius 3 is 1.90 bits per heavy atom. The van der Waals surface area contributed by atoms with E-state index >= 15 is 0 Å². The van der Waals surface area contributed by atoms with Crippen LogP contribution >= 0.6 is 0 Å². The van der Waals surface area contributed by atoms with Gasteiger partial charge in [-0.25, -0.2) is 0 Å². The number of aliphatic hydroxyl groups is 1. The van der Waals surface area contributed by atoms with Crippen molar-refractivity contribution in [2.75, 3.05) is 0 Å². The lowest BCUT2D eigenvalue weighted by molar-refractivity contribution is -0.122. The molecule has 4 aliphatic carbocycles. The summed E-state index contributed by atoms with van der Waals surface area (Å²) in [5, 5.41) is 10.8. The summed E-state index contributed by atoms with van der Waals surface area (Å²) in [6, 6.07) is 0. The molecule has 1 unspecified atom stereocenters. The van der Waals surface area contributed by atoms with E-state index in [1.165, 1.54) is 77.0 Å². The molecule has 0 amide bonds. The molecule has 1 heteroatoms. The number of hydrogen-bond acceptors (Lipinski definition) is 1. The molecule has 1 N–H and O–H groups in total. The molecule has 0 aromatic carbocycles. The van der Waals surface area contributed by atoms with Gasteiger partial charge in [0.2, 0.25) is 0 Å². The first-order chi connectivity index (χ1) is 9.72. The molecule has 0 aromatic heterocycles. The van der Waals surface area contributed by atoms with Crippen LogP contribution in [0.3, 0.4) is 0 Å². The van der Waals surface area contributed by atoms with E-state index in [9.17, 15) is 5.11 Å². The van der Waals surface area contributed by atoms with Crippen molar-refractivity contribution < 1.29 is 5.11 Å². The van der Waals surface area contributed by atoms with Gasteiger partial charge < -0.3 is 5.11 Å². The molecule has 116 valence electrons. The Bertz CT molecular complexity index is 274. The highest BCUT2D eigenvalue weighted by Gasteiger charge is 2.53. The van der Waals surface area contributed by atoms with Gasteiger partial charge in [-0.2, -0.15) is 0 Å². The van der Waals surface area contributed by atoms with Crippen molar-refractivity contribution in [3.05, 3.63) is 0 Å². The summed E-state index contributed by atoms with van der Waals surface area (Å²) in [4.78, 5) is 0. The van der Waals surface area contributed by atoms with E-state index in [1.54, 1.807) is 0 Å². The van der Waals surface area contributed by atoms with Crippen molar-refractivity contribution in [3.63, 3.8) is 0 Å². The molecule has 0 spiro atoms. The van der Waals surface area contributed by atoms with Gasteiger partial charge in [0.15, 0.2) is 0 Å². The van der Waals surface area contributed by atoms with Crippen LogP contribution in [0.4, 0.5) is 0 Å². The van der Waals surface area contributed by atoms with Crippen molar-refractivity contribution in [2.45, 2.75) is 96.5 Å². The third-order valence-electron chi connectivity index (χ3n) is 6.62. The summed E-state index contributed by atoms with van der Waals surface area (Å²) >= 11 is 0. The molecule has 0 saturated heterocycles. The summed E-state index contributed by atoms with van der Waals surface area (Å²) < 4.78 is 0. The highest BCUT2D eigenvalue weighted by Crippen LogP contribution is 2.61. The molecule has 0 aromatic rings. The topological polar surface area (TPSA) is 20.2 Å². The van der Waals surface area contributed by atoms with Gasteiger partial charge in [-0.05, 0) is 68.1 Å². The zero-order chi connectivity index (χ0) is 14.0. The monoisotopic (exact) mass is 278 g/mol. The number of aliphatic hydroxyl groups excluding tert-OH is 1. The summed E-state index contributed by atoms with van der Waals surface area (Å²) in [6.07, 6.45) is 17.7. The zero-order valence-corrected chi connectivity index (χ0v) is 13.4. The lowest BCUT2D eigenvalue weighted by Gasteiger charge is -2.58. The zero-order valence-electron chi connectivity index (χ0n) is 13.4. The van der Waals surface area contributed by atoms with E-state index in [-0.39, 0.29) is 6.10 Å². The second-order valence-electron chi connectivity index (χ2n) is 8.35. The second-order valence-corrected chi connectivity index (χ2v) is 8.35. The Morgan fingerprint density at radius 2 is 1.35 bits per heavy atom. The largest absolute Gasteiger partial charge is 0.393 e. The first-order valence-corrected chi connectivity index (χ1v) is 9.40. The Morgan fingerprint density at radius 1 is 0.850 bits per heavy atom. The summed E-state index contributed by atoms with van der Waals surface area (Å²) in [5.74, 6) is 2.92. The number of unbranched alkanes of at least 4 members (excludes halogenated alkanes) is 5. The molecule has 0 radical (unpaired) electrons. The molecule has 4 rings (SSSR count). The normalized spacial score (nSPS) is 40.2. The van der Waals surface area contributed by atoms with E-state index in [1.807, 2.05) is 0 Å². The average Bonchev–Trinajstić information content (AvgIpc) is 2.41. The van der Waals surface area contributed by atoms with Gasteiger partial charge in [0.05, 0.1) is 6.10 Å². The highest BCUT2D eigenvalue weighted by molar-refractivity contribution is 5.04. The first-order valence-electron chi connectivity index (χ1n) is 9.40. The maximum atomic E-state index is 10.8. The minimum absolute atomic E-state index is 0.0158. The van der Waals surface area contributed by atoms with E-state index in [2.05, 4.69) is 6.92 Å². The molecular weight excluding hydrogens is 244 g/mol. The second kappa shape index (κ2) is 6.38. The average molecular weight is 278 g/mol. The maximum absolute atomic E-state index is 10.8. The smallest absolute Gasteiger partial charge is 0.0596 e. The van der Waals surface area contributed by atoms with Crippen molar-refractivity contribution in [3.8, 4) is 0 Å². The van der Waals surface area contributed by atoms with Gasteiger partial charge in [-0.3, -0.25) is 0 Å². The summed E-state index contributed by atoms with van der Waals surface area (Å²) in [5.41, 5.74) is 0.359. The van der Waals surface area contributed by atoms with Crippen LogP contribution in [0.15, 0.2) is 0 Å². The third-order valence-corrected chi connectivity index (χ3v) is 6.62. The molecule has 1 atom stereocenters.